The Bertz CT molecular complexity index is 841. The Morgan fingerprint density at radius 3 is 2.00 bits per heavy atom. The van der Waals surface area contributed by atoms with E-state index in [0.29, 0.717) is 11.4 Å². The molecule has 6 heteroatoms. The van der Waals surface area contributed by atoms with Crippen molar-refractivity contribution in [3.05, 3.63) is 53.6 Å². The van der Waals surface area contributed by atoms with Gasteiger partial charge in [-0.3, -0.25) is 14.4 Å². The van der Waals surface area contributed by atoms with Crippen molar-refractivity contribution in [1.82, 2.24) is 0 Å². The third-order valence-corrected chi connectivity index (χ3v) is 4.12. The van der Waals surface area contributed by atoms with E-state index < -0.39 is 0 Å². The first-order valence-electron chi connectivity index (χ1n) is 8.79. The quantitative estimate of drug-likeness (QED) is 0.818. The number of para-hydroxylation sites is 1. The lowest BCUT2D eigenvalue weighted by atomic mass is 10.1. The van der Waals surface area contributed by atoms with Gasteiger partial charge in [0.05, 0.1) is 0 Å². The first-order valence-corrected chi connectivity index (χ1v) is 8.79. The van der Waals surface area contributed by atoms with E-state index in [0.717, 1.165) is 16.8 Å². The van der Waals surface area contributed by atoms with Gasteiger partial charge in [-0.1, -0.05) is 24.3 Å². The van der Waals surface area contributed by atoms with E-state index in [1.807, 2.05) is 32.0 Å². The number of rotatable bonds is 6. The molecule has 0 saturated heterocycles. The number of benzene rings is 2. The highest BCUT2D eigenvalue weighted by molar-refractivity contribution is 5.96. The number of anilines is 3. The van der Waals surface area contributed by atoms with E-state index >= 15 is 0 Å². The summed E-state index contributed by atoms with van der Waals surface area (Å²) in [4.78, 5) is 37.2. The molecule has 0 aliphatic carbocycles. The number of amides is 3. The normalized spacial score (nSPS) is 10.2. The van der Waals surface area contributed by atoms with E-state index in [-0.39, 0.29) is 30.7 Å². The number of aryl methyl sites for hydroxylation is 2. The smallest absolute Gasteiger partial charge is 0.226 e. The fraction of sp³-hybridized carbons (Fsp3) is 0.286. The van der Waals surface area contributed by atoms with E-state index in [1.165, 1.54) is 13.8 Å². The summed E-state index contributed by atoms with van der Waals surface area (Å²) in [5.74, 6) is -0.482. The summed E-state index contributed by atoms with van der Waals surface area (Å²) in [7, 11) is 0. The van der Waals surface area contributed by atoms with Gasteiger partial charge in [0, 0.05) is 43.9 Å². The van der Waals surface area contributed by atoms with Gasteiger partial charge in [0.25, 0.3) is 0 Å². The number of nitrogens with zero attached hydrogens (tertiary/aromatic N) is 1. The lowest BCUT2D eigenvalue weighted by molar-refractivity contribution is -0.117. The minimum absolute atomic E-state index is 0.104. The maximum atomic E-state index is 12.3. The molecule has 27 heavy (non-hydrogen) atoms. The maximum Gasteiger partial charge on any atom is 0.226 e. The Morgan fingerprint density at radius 1 is 0.889 bits per heavy atom. The topological polar surface area (TPSA) is 78.5 Å². The second-order valence-corrected chi connectivity index (χ2v) is 6.47. The van der Waals surface area contributed by atoms with Crippen LogP contribution in [-0.4, -0.2) is 24.3 Å². The Hall–Kier alpha value is -3.15. The van der Waals surface area contributed by atoms with Gasteiger partial charge in [0.1, 0.15) is 0 Å². The van der Waals surface area contributed by atoms with Crippen LogP contribution >= 0.6 is 0 Å². The first kappa shape index (κ1) is 20.2. The van der Waals surface area contributed by atoms with Crippen molar-refractivity contribution < 1.29 is 14.4 Å². The maximum absolute atomic E-state index is 12.3. The average molecular weight is 367 g/mol. The van der Waals surface area contributed by atoms with Gasteiger partial charge in [-0.25, -0.2) is 0 Å². The van der Waals surface area contributed by atoms with Gasteiger partial charge in [-0.2, -0.15) is 0 Å². The molecule has 2 rings (SSSR count). The average Bonchev–Trinajstić information content (AvgIpc) is 2.56. The van der Waals surface area contributed by atoms with Crippen molar-refractivity contribution in [2.75, 3.05) is 22.1 Å². The SMILES string of the molecule is CC(=O)Nc1cccc(NC(=O)CCN(C(C)=O)c2c(C)cccc2C)c1. The van der Waals surface area contributed by atoms with Crippen LogP contribution in [0.25, 0.3) is 0 Å². The molecule has 0 aliphatic heterocycles. The van der Waals surface area contributed by atoms with Crippen LogP contribution in [0.15, 0.2) is 42.5 Å². The molecule has 3 amide bonds. The molecule has 2 aromatic rings. The fourth-order valence-corrected chi connectivity index (χ4v) is 2.97. The van der Waals surface area contributed by atoms with E-state index in [2.05, 4.69) is 10.6 Å². The zero-order valence-electron chi connectivity index (χ0n) is 16.1. The molecular formula is C21H25N3O3. The minimum atomic E-state index is -0.201. The molecule has 2 aromatic carbocycles. The van der Waals surface area contributed by atoms with Crippen LogP contribution in [0.4, 0.5) is 17.1 Å². The van der Waals surface area contributed by atoms with Crippen LogP contribution in [0.5, 0.6) is 0 Å². The predicted octanol–water partition coefficient (Wildman–Crippen LogP) is 3.64. The molecule has 142 valence electrons. The van der Waals surface area contributed by atoms with Gasteiger partial charge < -0.3 is 15.5 Å². The van der Waals surface area contributed by atoms with Gasteiger partial charge in [0.15, 0.2) is 0 Å². The fourth-order valence-electron chi connectivity index (χ4n) is 2.97. The Morgan fingerprint density at radius 2 is 1.44 bits per heavy atom. The molecule has 0 aromatic heterocycles. The first-order chi connectivity index (χ1) is 12.8. The number of carbonyl (C=O) groups excluding carboxylic acids is 3. The molecule has 0 heterocycles. The summed E-state index contributed by atoms with van der Waals surface area (Å²) >= 11 is 0. The van der Waals surface area contributed by atoms with Crippen molar-refractivity contribution in [3.63, 3.8) is 0 Å². The van der Waals surface area contributed by atoms with Crippen molar-refractivity contribution in [2.24, 2.45) is 0 Å². The summed E-state index contributed by atoms with van der Waals surface area (Å²) in [6.07, 6.45) is 0.164. The molecule has 0 saturated carbocycles. The molecule has 0 atom stereocenters. The van der Waals surface area contributed by atoms with Crippen molar-refractivity contribution >= 4 is 34.8 Å². The van der Waals surface area contributed by atoms with Crippen LogP contribution in [-0.2, 0) is 14.4 Å². The largest absolute Gasteiger partial charge is 0.326 e. The molecule has 0 spiro atoms. The molecular weight excluding hydrogens is 342 g/mol. The predicted molar refractivity (Wildman–Crippen MR) is 108 cm³/mol. The molecule has 0 fully saturated rings. The number of nitrogens with one attached hydrogen (secondary N) is 2. The van der Waals surface area contributed by atoms with E-state index in [1.54, 1.807) is 29.2 Å². The number of carbonyl (C=O) groups is 3. The Labute approximate surface area is 159 Å². The Kier molecular flexibility index (Phi) is 6.71. The van der Waals surface area contributed by atoms with Gasteiger partial charge >= 0.3 is 0 Å². The molecule has 2 N–H and O–H groups in total. The Balaban J connectivity index is 2.05. The lowest BCUT2D eigenvalue weighted by Gasteiger charge is -2.25. The van der Waals surface area contributed by atoms with E-state index in [9.17, 15) is 14.4 Å². The van der Waals surface area contributed by atoms with Crippen LogP contribution in [0.3, 0.4) is 0 Å². The highest BCUT2D eigenvalue weighted by atomic mass is 16.2. The minimum Gasteiger partial charge on any atom is -0.326 e. The molecule has 0 unspecified atom stereocenters. The van der Waals surface area contributed by atoms with Crippen LogP contribution < -0.4 is 15.5 Å². The van der Waals surface area contributed by atoms with Crippen LogP contribution in [0.2, 0.25) is 0 Å². The molecule has 0 aliphatic rings. The second kappa shape index (κ2) is 8.98. The van der Waals surface area contributed by atoms with Gasteiger partial charge in [-0.05, 0) is 43.2 Å². The van der Waals surface area contributed by atoms with Crippen molar-refractivity contribution in [2.45, 2.75) is 34.1 Å². The summed E-state index contributed by atoms with van der Waals surface area (Å²) in [6.45, 7) is 7.12. The molecule has 6 nitrogen and oxygen atoms in total. The molecule has 0 bridgehead atoms. The molecule has 0 radical (unpaired) electrons. The third kappa shape index (κ3) is 5.67. The highest BCUT2D eigenvalue weighted by Gasteiger charge is 2.17. The summed E-state index contributed by atoms with van der Waals surface area (Å²) < 4.78 is 0. The number of hydrogen-bond donors (Lipinski definition) is 2. The summed E-state index contributed by atoms with van der Waals surface area (Å²) in [6, 6.07) is 12.8. The van der Waals surface area contributed by atoms with E-state index in [4.69, 9.17) is 0 Å². The summed E-state index contributed by atoms with van der Waals surface area (Å²) in [5.41, 5.74) is 4.04. The highest BCUT2D eigenvalue weighted by Crippen LogP contribution is 2.25. The monoisotopic (exact) mass is 367 g/mol. The second-order valence-electron chi connectivity index (χ2n) is 6.47. The van der Waals surface area contributed by atoms with Crippen LogP contribution in [0.1, 0.15) is 31.4 Å². The standard InChI is InChI=1S/C21H25N3O3/c1-14-7-5-8-15(2)21(14)24(17(4)26)12-11-20(27)23-19-10-6-9-18(13-19)22-16(3)25/h5-10,13H,11-12H2,1-4H3,(H,22,25)(H,23,27). The zero-order valence-corrected chi connectivity index (χ0v) is 16.1. The van der Waals surface area contributed by atoms with Crippen LogP contribution in [0, 0.1) is 13.8 Å². The van der Waals surface area contributed by atoms with Gasteiger partial charge in [0.2, 0.25) is 17.7 Å². The van der Waals surface area contributed by atoms with Gasteiger partial charge in [-0.15, -0.1) is 0 Å². The summed E-state index contributed by atoms with van der Waals surface area (Å²) in [5, 5.41) is 5.48. The van der Waals surface area contributed by atoms with Crippen molar-refractivity contribution in [3.8, 4) is 0 Å². The zero-order chi connectivity index (χ0) is 20.0. The number of hydrogen-bond acceptors (Lipinski definition) is 3. The lowest BCUT2D eigenvalue weighted by Crippen LogP contribution is -2.33. The van der Waals surface area contributed by atoms with Crippen molar-refractivity contribution in [1.29, 1.82) is 0 Å². The third-order valence-electron chi connectivity index (χ3n) is 4.12.